The van der Waals surface area contributed by atoms with E-state index >= 15 is 0 Å². The molecule has 0 atom stereocenters. The normalized spacial score (nSPS) is 31.4. The molecule has 0 spiro atoms. The van der Waals surface area contributed by atoms with Gasteiger partial charge in [0.05, 0.1) is 6.04 Å². The first-order chi connectivity index (χ1) is 5.24. The van der Waals surface area contributed by atoms with Crippen LogP contribution in [-0.4, -0.2) is 11.8 Å². The molecule has 1 aliphatic carbocycles. The molecule has 0 N–H and O–H groups in total. The first-order valence-electron chi connectivity index (χ1n) is 4.07. The first kappa shape index (κ1) is 8.37. The second kappa shape index (κ2) is 3.60. The van der Waals surface area contributed by atoms with E-state index in [4.69, 9.17) is 0 Å². The number of rotatable bonds is 2. The quantitative estimate of drug-likeness (QED) is 0.572. The highest BCUT2D eigenvalue weighted by Crippen LogP contribution is 2.26. The van der Waals surface area contributed by atoms with E-state index in [0.29, 0.717) is 0 Å². The fourth-order valence-corrected chi connectivity index (χ4v) is 1.59. The summed E-state index contributed by atoms with van der Waals surface area (Å²) in [5.41, 5.74) is 0. The van der Waals surface area contributed by atoms with Crippen molar-refractivity contribution in [2.24, 2.45) is 11.1 Å². The van der Waals surface area contributed by atoms with Crippen LogP contribution in [0.1, 0.15) is 32.6 Å². The Labute approximate surface area is 66.1 Å². The minimum absolute atomic E-state index is 0.0226. The number of Topliss-reactive ketones (excluding diaryl/α,β-unsaturated/α-hetero) is 1. The van der Waals surface area contributed by atoms with Crippen molar-refractivity contribution >= 4 is 5.78 Å². The maximum atomic E-state index is 10.9. The van der Waals surface area contributed by atoms with E-state index in [1.54, 1.807) is 6.92 Å². The van der Waals surface area contributed by atoms with Crippen LogP contribution in [-0.2, 0) is 4.79 Å². The van der Waals surface area contributed by atoms with Crippen molar-refractivity contribution in [1.29, 1.82) is 0 Å². The van der Waals surface area contributed by atoms with Gasteiger partial charge in [0.15, 0.2) is 0 Å². The number of ketones is 1. The van der Waals surface area contributed by atoms with Crippen LogP contribution in [0.4, 0.5) is 0 Å². The van der Waals surface area contributed by atoms with E-state index in [0.717, 1.165) is 25.7 Å². The van der Waals surface area contributed by atoms with Gasteiger partial charge in [0.2, 0.25) is 0 Å². The molecule has 0 aromatic rings. The topological polar surface area (TPSA) is 46.5 Å². The number of hydrogen-bond donors (Lipinski definition) is 0. The first-order valence-corrected chi connectivity index (χ1v) is 4.07. The molecular weight excluding hydrogens is 142 g/mol. The van der Waals surface area contributed by atoms with Crippen LogP contribution < -0.4 is 0 Å². The van der Waals surface area contributed by atoms with Gasteiger partial charge in [0.25, 0.3) is 0 Å². The summed E-state index contributed by atoms with van der Waals surface area (Å²) in [5.74, 6) is 0.461. The summed E-state index contributed by atoms with van der Waals surface area (Å²) < 4.78 is 0. The highest BCUT2D eigenvalue weighted by molar-refractivity contribution is 5.78. The second-order valence-electron chi connectivity index (χ2n) is 3.22. The lowest BCUT2D eigenvalue weighted by atomic mass is 9.84. The molecule has 0 aromatic heterocycles. The smallest absolute Gasteiger partial charge is 0.132 e. The lowest BCUT2D eigenvalue weighted by molar-refractivity contribution is -0.121. The maximum Gasteiger partial charge on any atom is 0.132 e. The molecule has 0 bridgehead atoms. The average molecular weight is 155 g/mol. The zero-order valence-corrected chi connectivity index (χ0v) is 6.75. The fourth-order valence-electron chi connectivity index (χ4n) is 1.59. The number of carbonyl (C=O) groups excluding carboxylic acids is 1. The Morgan fingerprint density at radius 1 is 1.27 bits per heavy atom. The zero-order valence-electron chi connectivity index (χ0n) is 6.75. The van der Waals surface area contributed by atoms with Crippen LogP contribution in [0.5, 0.6) is 0 Å². The van der Waals surface area contributed by atoms with E-state index in [1.165, 1.54) is 0 Å². The van der Waals surface area contributed by atoms with E-state index < -0.39 is 0 Å². The zero-order chi connectivity index (χ0) is 8.27. The molecule has 0 aromatic carbocycles. The molecular formula is C8H13NO2. The lowest BCUT2D eigenvalue weighted by Gasteiger charge is -2.21. The summed E-state index contributed by atoms with van der Waals surface area (Å²) in [5, 5.41) is 2.98. The van der Waals surface area contributed by atoms with Gasteiger partial charge in [0.1, 0.15) is 5.78 Å². The van der Waals surface area contributed by atoms with Gasteiger partial charge in [-0.1, -0.05) is 5.18 Å². The van der Waals surface area contributed by atoms with Crippen LogP contribution in [0.15, 0.2) is 5.18 Å². The number of carbonyl (C=O) groups is 1. The summed E-state index contributed by atoms with van der Waals surface area (Å²) in [6.07, 6.45) is 3.30. The Balaban J connectivity index is 2.35. The summed E-state index contributed by atoms with van der Waals surface area (Å²) in [7, 11) is 0. The van der Waals surface area contributed by atoms with Gasteiger partial charge in [-0.3, -0.25) is 4.79 Å². The van der Waals surface area contributed by atoms with Crippen LogP contribution in [0, 0.1) is 10.8 Å². The van der Waals surface area contributed by atoms with E-state index in [1.807, 2.05) is 0 Å². The summed E-state index contributed by atoms with van der Waals surface area (Å²) in [6.45, 7) is 1.62. The van der Waals surface area contributed by atoms with E-state index in [2.05, 4.69) is 5.18 Å². The van der Waals surface area contributed by atoms with Crippen molar-refractivity contribution in [3.63, 3.8) is 0 Å². The Bertz CT molecular complexity index is 159. The fraction of sp³-hybridized carbons (Fsp3) is 0.875. The molecule has 1 rings (SSSR count). The molecule has 62 valence electrons. The summed E-state index contributed by atoms with van der Waals surface area (Å²) in [6, 6.07) is -0.0226. The van der Waals surface area contributed by atoms with Gasteiger partial charge >= 0.3 is 0 Å². The number of nitroso groups, excluding NO2 is 1. The highest BCUT2D eigenvalue weighted by atomic mass is 16.3. The van der Waals surface area contributed by atoms with Gasteiger partial charge in [0, 0.05) is 5.92 Å². The van der Waals surface area contributed by atoms with Gasteiger partial charge in [-0.2, -0.15) is 4.91 Å². The predicted octanol–water partition coefficient (Wildman–Crippen LogP) is 1.90. The average Bonchev–Trinajstić information content (AvgIpc) is 2.05. The number of nitrogens with zero attached hydrogens (tertiary/aromatic N) is 1. The van der Waals surface area contributed by atoms with Crippen LogP contribution in [0.3, 0.4) is 0 Å². The van der Waals surface area contributed by atoms with Gasteiger partial charge in [-0.25, -0.2) is 0 Å². The molecule has 0 amide bonds. The SMILES string of the molecule is CC(=O)C1CCC(N=O)CC1. The highest BCUT2D eigenvalue weighted by Gasteiger charge is 2.23. The van der Waals surface area contributed by atoms with E-state index in [9.17, 15) is 9.70 Å². The molecule has 3 nitrogen and oxygen atoms in total. The van der Waals surface area contributed by atoms with Crippen LogP contribution in [0.25, 0.3) is 0 Å². The van der Waals surface area contributed by atoms with Crippen molar-refractivity contribution in [2.75, 3.05) is 0 Å². The molecule has 0 heterocycles. The molecule has 0 saturated heterocycles. The lowest BCUT2D eigenvalue weighted by Crippen LogP contribution is -2.21. The predicted molar refractivity (Wildman–Crippen MR) is 42.2 cm³/mol. The number of hydrogen-bond acceptors (Lipinski definition) is 3. The van der Waals surface area contributed by atoms with Crippen molar-refractivity contribution in [3.05, 3.63) is 4.91 Å². The van der Waals surface area contributed by atoms with Crippen molar-refractivity contribution in [3.8, 4) is 0 Å². The summed E-state index contributed by atoms with van der Waals surface area (Å²) in [4.78, 5) is 21.0. The molecule has 11 heavy (non-hydrogen) atoms. The van der Waals surface area contributed by atoms with Gasteiger partial charge in [-0.05, 0) is 32.6 Å². The Kier molecular flexibility index (Phi) is 2.74. The molecule has 3 heteroatoms. The molecule has 1 saturated carbocycles. The second-order valence-corrected chi connectivity index (χ2v) is 3.22. The molecule has 1 fully saturated rings. The van der Waals surface area contributed by atoms with E-state index in [-0.39, 0.29) is 17.7 Å². The standard InChI is InChI=1S/C8H13NO2/c1-6(10)7-2-4-8(9-11)5-3-7/h7-8H,2-5H2,1H3. The Morgan fingerprint density at radius 3 is 2.18 bits per heavy atom. The van der Waals surface area contributed by atoms with Crippen LogP contribution in [0.2, 0.25) is 0 Å². The van der Waals surface area contributed by atoms with Crippen molar-refractivity contribution in [2.45, 2.75) is 38.6 Å². The van der Waals surface area contributed by atoms with Crippen molar-refractivity contribution in [1.82, 2.24) is 0 Å². The Morgan fingerprint density at radius 2 is 1.82 bits per heavy atom. The van der Waals surface area contributed by atoms with Gasteiger partial charge in [-0.15, -0.1) is 0 Å². The third-order valence-electron chi connectivity index (χ3n) is 2.42. The molecule has 1 aliphatic rings. The minimum atomic E-state index is -0.0226. The molecule has 0 radical (unpaired) electrons. The Hall–Kier alpha value is -0.730. The molecule has 0 aliphatic heterocycles. The monoisotopic (exact) mass is 155 g/mol. The van der Waals surface area contributed by atoms with Crippen LogP contribution >= 0.6 is 0 Å². The minimum Gasteiger partial charge on any atom is -0.300 e. The maximum absolute atomic E-state index is 10.9. The summed E-state index contributed by atoms with van der Waals surface area (Å²) >= 11 is 0. The third-order valence-corrected chi connectivity index (χ3v) is 2.42. The largest absolute Gasteiger partial charge is 0.300 e. The third kappa shape index (κ3) is 2.10. The molecule has 0 unspecified atom stereocenters. The van der Waals surface area contributed by atoms with Gasteiger partial charge < -0.3 is 0 Å². The van der Waals surface area contributed by atoms with Crippen molar-refractivity contribution < 1.29 is 4.79 Å².